The molecule has 0 saturated heterocycles. The molecule has 0 spiro atoms. The summed E-state index contributed by atoms with van der Waals surface area (Å²) in [5.74, 6) is -2.51. The first-order valence-corrected chi connectivity index (χ1v) is 23.9. The molecule has 0 fully saturated rings. The van der Waals surface area contributed by atoms with E-state index in [0.29, 0.717) is 32.1 Å². The first kappa shape index (κ1) is 56.1. The number of unbranched alkanes of at least 4 members (excludes halogenated alkanes) is 17. The minimum Gasteiger partial charge on any atom is -0.480 e. The third kappa shape index (κ3) is 40.3. The van der Waals surface area contributed by atoms with Crippen LogP contribution >= 0.6 is 7.82 Å². The predicted octanol–water partition coefficient (Wildman–Crippen LogP) is 10.9. The van der Waals surface area contributed by atoms with E-state index in [1.54, 1.807) is 6.08 Å². The molecule has 12 nitrogen and oxygen atoms in total. The zero-order valence-corrected chi connectivity index (χ0v) is 37.3. The van der Waals surface area contributed by atoms with Crippen molar-refractivity contribution in [2.45, 2.75) is 193 Å². The maximum absolute atomic E-state index is 12.6. The average Bonchev–Trinajstić information content (AvgIpc) is 3.21. The van der Waals surface area contributed by atoms with Crippen molar-refractivity contribution in [2.24, 2.45) is 5.73 Å². The summed E-state index contributed by atoms with van der Waals surface area (Å²) >= 11 is 0. The number of rotatable bonds is 41. The number of carboxylic acids is 1. The minimum atomic E-state index is -4.75. The van der Waals surface area contributed by atoms with E-state index in [1.807, 2.05) is 36.5 Å². The number of nitrogens with two attached hydrogens (primary N) is 1. The molecule has 5 N–H and O–H groups in total. The molecule has 0 rings (SSSR count). The molecule has 0 aliphatic rings. The van der Waals surface area contributed by atoms with Gasteiger partial charge in [-0.2, -0.15) is 0 Å². The Morgan fingerprint density at radius 1 is 0.610 bits per heavy atom. The zero-order valence-electron chi connectivity index (χ0n) is 36.4. The highest BCUT2D eigenvalue weighted by Crippen LogP contribution is 2.43. The number of hydrogen-bond donors (Lipinski definition) is 4. The van der Waals surface area contributed by atoms with Crippen LogP contribution in [0.15, 0.2) is 60.8 Å². The summed E-state index contributed by atoms with van der Waals surface area (Å²) in [6.07, 6.45) is 43.1. The normalized spacial score (nSPS) is 14.8. The van der Waals surface area contributed by atoms with Gasteiger partial charge in [-0.25, -0.2) is 4.57 Å². The third-order valence-corrected chi connectivity index (χ3v) is 10.3. The smallest absolute Gasteiger partial charge is 0.472 e. The number of carboxylic acid groups (broad SMARTS) is 1. The van der Waals surface area contributed by atoms with E-state index in [4.69, 9.17) is 24.8 Å². The molecule has 13 heteroatoms. The van der Waals surface area contributed by atoms with Crippen molar-refractivity contribution in [1.29, 1.82) is 0 Å². The molecule has 0 bridgehead atoms. The van der Waals surface area contributed by atoms with Crippen molar-refractivity contribution in [3.05, 3.63) is 60.8 Å². The Hall–Kier alpha value is -2.86. The fourth-order valence-corrected chi connectivity index (χ4v) is 6.50. The zero-order chi connectivity index (χ0) is 43.7. The number of phosphoric ester groups is 1. The maximum Gasteiger partial charge on any atom is 0.472 e. The van der Waals surface area contributed by atoms with Gasteiger partial charge in [0.1, 0.15) is 12.6 Å². The summed E-state index contributed by atoms with van der Waals surface area (Å²) in [5.41, 5.74) is 5.33. The molecular formula is C46H80NO11P. The Bertz CT molecular complexity index is 1250. The number of hydrogen-bond acceptors (Lipinski definition) is 10. The quantitative estimate of drug-likeness (QED) is 0.0150. The van der Waals surface area contributed by atoms with Gasteiger partial charge in [-0.15, -0.1) is 0 Å². The number of aliphatic hydroxyl groups excluding tert-OH is 1. The summed E-state index contributed by atoms with van der Waals surface area (Å²) in [6.45, 7) is 2.62. The van der Waals surface area contributed by atoms with Crippen LogP contribution in [0.4, 0.5) is 0 Å². The molecule has 0 aliphatic heterocycles. The number of aliphatic hydroxyl groups is 1. The number of aliphatic carboxylic acids is 1. The number of esters is 2. The van der Waals surface area contributed by atoms with Gasteiger partial charge < -0.3 is 30.3 Å². The molecule has 59 heavy (non-hydrogen) atoms. The van der Waals surface area contributed by atoms with E-state index in [9.17, 15) is 28.9 Å². The van der Waals surface area contributed by atoms with Crippen molar-refractivity contribution in [3.63, 3.8) is 0 Å². The average molecular weight is 854 g/mol. The monoisotopic (exact) mass is 854 g/mol. The highest BCUT2D eigenvalue weighted by molar-refractivity contribution is 7.47. The molecular weight excluding hydrogens is 773 g/mol. The fourth-order valence-electron chi connectivity index (χ4n) is 5.72. The predicted molar refractivity (Wildman–Crippen MR) is 237 cm³/mol. The summed E-state index contributed by atoms with van der Waals surface area (Å²) in [4.78, 5) is 46.0. The highest BCUT2D eigenvalue weighted by Gasteiger charge is 2.28. The third-order valence-electron chi connectivity index (χ3n) is 9.32. The van der Waals surface area contributed by atoms with Gasteiger partial charge in [-0.05, 0) is 70.6 Å². The van der Waals surface area contributed by atoms with Gasteiger partial charge in [0.25, 0.3) is 0 Å². The van der Waals surface area contributed by atoms with E-state index < -0.39 is 63.8 Å². The summed E-state index contributed by atoms with van der Waals surface area (Å²) in [5, 5.41) is 18.9. The summed E-state index contributed by atoms with van der Waals surface area (Å²) in [6, 6.07) is -1.54. The fraction of sp³-hybridized carbons (Fsp3) is 0.717. The first-order valence-electron chi connectivity index (χ1n) is 22.4. The van der Waals surface area contributed by atoms with Crippen LogP contribution in [-0.4, -0.2) is 71.1 Å². The Balaban J connectivity index is 4.51. The molecule has 0 aliphatic carbocycles. The van der Waals surface area contributed by atoms with Gasteiger partial charge in [-0.1, -0.05) is 152 Å². The van der Waals surface area contributed by atoms with Crippen LogP contribution in [0, 0.1) is 0 Å². The first-order chi connectivity index (χ1) is 28.5. The van der Waals surface area contributed by atoms with Gasteiger partial charge in [0.15, 0.2) is 6.10 Å². The SMILES string of the molecule is CCCCC/C=C\C[C@@H](O)/C=C/C=C\C/C=C\CCCC(=O)OC[C@H](COP(=O)(O)OC[C@H](N)C(=O)O)OC(=O)CCCCCCCCC/C=C\CCCCCCCC. The van der Waals surface area contributed by atoms with Crippen LogP contribution in [0.25, 0.3) is 0 Å². The van der Waals surface area contributed by atoms with Crippen molar-refractivity contribution in [1.82, 2.24) is 0 Å². The molecule has 0 amide bonds. The molecule has 0 aromatic carbocycles. The van der Waals surface area contributed by atoms with Crippen LogP contribution in [0.2, 0.25) is 0 Å². The second kappa shape index (κ2) is 40.5. The number of carbonyl (C=O) groups is 3. The Morgan fingerprint density at radius 2 is 1.12 bits per heavy atom. The largest absolute Gasteiger partial charge is 0.480 e. The lowest BCUT2D eigenvalue weighted by Crippen LogP contribution is -2.34. The van der Waals surface area contributed by atoms with Gasteiger partial charge in [0.05, 0.1) is 19.3 Å². The Kier molecular flexibility index (Phi) is 38.6. The molecule has 4 atom stereocenters. The number of allylic oxidation sites excluding steroid dienone is 8. The van der Waals surface area contributed by atoms with E-state index in [2.05, 4.69) is 36.6 Å². The lowest BCUT2D eigenvalue weighted by atomic mass is 10.1. The Morgan fingerprint density at radius 3 is 1.76 bits per heavy atom. The van der Waals surface area contributed by atoms with Crippen molar-refractivity contribution in [2.75, 3.05) is 19.8 Å². The minimum absolute atomic E-state index is 0.111. The second-order valence-corrected chi connectivity index (χ2v) is 16.5. The highest BCUT2D eigenvalue weighted by atomic mass is 31.2. The van der Waals surface area contributed by atoms with Gasteiger partial charge in [-0.3, -0.25) is 23.4 Å². The maximum atomic E-state index is 12.6. The van der Waals surface area contributed by atoms with Crippen molar-refractivity contribution < 1.29 is 52.6 Å². The van der Waals surface area contributed by atoms with Gasteiger partial charge >= 0.3 is 25.7 Å². The van der Waals surface area contributed by atoms with E-state index in [0.717, 1.165) is 38.5 Å². The number of ether oxygens (including phenoxy) is 2. The molecule has 0 radical (unpaired) electrons. The summed E-state index contributed by atoms with van der Waals surface area (Å²) in [7, 11) is -4.75. The lowest BCUT2D eigenvalue weighted by molar-refractivity contribution is -0.161. The molecule has 0 aromatic heterocycles. The van der Waals surface area contributed by atoms with Gasteiger partial charge in [0, 0.05) is 12.8 Å². The van der Waals surface area contributed by atoms with E-state index in [1.165, 1.54) is 77.0 Å². The molecule has 0 aromatic rings. The topological polar surface area (TPSA) is 192 Å². The van der Waals surface area contributed by atoms with Crippen LogP contribution in [0.5, 0.6) is 0 Å². The second-order valence-electron chi connectivity index (χ2n) is 15.0. The van der Waals surface area contributed by atoms with Crippen molar-refractivity contribution >= 4 is 25.7 Å². The molecule has 0 heterocycles. The van der Waals surface area contributed by atoms with Crippen molar-refractivity contribution in [3.8, 4) is 0 Å². The van der Waals surface area contributed by atoms with E-state index >= 15 is 0 Å². The van der Waals surface area contributed by atoms with Crippen LogP contribution in [-0.2, 0) is 37.5 Å². The van der Waals surface area contributed by atoms with E-state index in [-0.39, 0.29) is 12.8 Å². The van der Waals surface area contributed by atoms with Gasteiger partial charge in [0.2, 0.25) is 0 Å². The Labute approximate surface area is 356 Å². The number of phosphoric acid groups is 1. The van der Waals surface area contributed by atoms with Crippen LogP contribution < -0.4 is 5.73 Å². The lowest BCUT2D eigenvalue weighted by Gasteiger charge is -2.20. The summed E-state index contributed by atoms with van der Waals surface area (Å²) < 4.78 is 32.6. The van der Waals surface area contributed by atoms with Crippen LogP contribution in [0.1, 0.15) is 174 Å². The number of carbonyl (C=O) groups excluding carboxylic acids is 2. The standard InChI is InChI=1S/C46H80NO11P/c1-3-5-7-9-11-12-13-14-15-16-17-18-19-20-25-29-33-37-45(50)58-42(39-56-59(53,54)57-40-43(47)46(51)52)38-55-44(49)36-32-28-24-22-21-23-27-31-35-41(48)34-30-26-10-8-6-4-2/h14-15,22-24,26-27,30-31,35,41-43,48H,3-13,16-21,25,28-29,32-34,36-40,47H2,1-2H3,(H,51,52)(H,53,54)/b15-14-,24-22-,27-23-,30-26-,35-31+/t41-,42-,43+/m1/s1. The molecule has 340 valence electrons. The van der Waals surface area contributed by atoms with Crippen LogP contribution in [0.3, 0.4) is 0 Å². The molecule has 0 saturated carbocycles. The molecule has 1 unspecified atom stereocenters.